The van der Waals surface area contributed by atoms with E-state index in [-0.39, 0.29) is 6.10 Å². The van der Waals surface area contributed by atoms with Gasteiger partial charge in [0, 0.05) is 22.9 Å². The summed E-state index contributed by atoms with van der Waals surface area (Å²) in [7, 11) is -2.17. The number of aryl methyl sites for hydroxylation is 2. The molecule has 5 atom stereocenters. The Labute approximate surface area is 235 Å². The van der Waals surface area contributed by atoms with Gasteiger partial charge in [-0.05, 0) is 74.9 Å². The Morgan fingerprint density at radius 2 is 1.63 bits per heavy atom. The quantitative estimate of drug-likeness (QED) is 0.286. The molecule has 208 valence electrons. The van der Waals surface area contributed by atoms with Crippen molar-refractivity contribution in [2.75, 3.05) is 6.26 Å². The van der Waals surface area contributed by atoms with Gasteiger partial charge >= 0.3 is 0 Å². The highest BCUT2D eigenvalue weighted by Crippen LogP contribution is 2.53. The summed E-state index contributed by atoms with van der Waals surface area (Å²) < 4.78 is 17.2. The van der Waals surface area contributed by atoms with Crippen LogP contribution in [0.3, 0.4) is 0 Å². The van der Waals surface area contributed by atoms with Gasteiger partial charge in [-0.2, -0.15) is 10.6 Å². The first-order chi connectivity index (χ1) is 17.9. The maximum atomic E-state index is 10.9. The van der Waals surface area contributed by atoms with E-state index < -0.39 is 16.3 Å². The molecule has 1 saturated carbocycles. The predicted octanol–water partition coefficient (Wildman–Crippen LogP) is 8.99. The van der Waals surface area contributed by atoms with Crippen LogP contribution < -0.4 is 0 Å². The average molecular weight is 556 g/mol. The van der Waals surface area contributed by atoms with Crippen LogP contribution in [0.5, 0.6) is 0 Å². The molecule has 2 aromatic carbocycles. The number of benzene rings is 2. The molecule has 1 fully saturated rings. The second-order valence-corrected chi connectivity index (χ2v) is 14.5. The molecule has 2 N–H and O–H groups in total. The maximum absolute atomic E-state index is 10.9. The normalized spacial score (nSPS) is 23.8. The molecule has 0 spiro atoms. The monoisotopic (exact) mass is 555 g/mol. The minimum atomic E-state index is -2.17. The van der Waals surface area contributed by atoms with E-state index in [9.17, 15) is 9.66 Å². The summed E-state index contributed by atoms with van der Waals surface area (Å²) in [4.78, 5) is 6.20. The van der Waals surface area contributed by atoms with Gasteiger partial charge in [0.1, 0.15) is 0 Å². The first-order valence-corrected chi connectivity index (χ1v) is 16.3. The van der Waals surface area contributed by atoms with Gasteiger partial charge in [0.15, 0.2) is 5.72 Å². The summed E-state index contributed by atoms with van der Waals surface area (Å²) in [5, 5.41) is 12.3. The van der Waals surface area contributed by atoms with Crippen LogP contribution in [0.4, 0.5) is 0 Å². The number of rotatable bonds is 7. The van der Waals surface area contributed by atoms with Gasteiger partial charge in [0.2, 0.25) is 0 Å². The molecule has 1 unspecified atom stereocenters. The SMILES string of the molecule is Cc1ccc(S(C)(O)O[C@H]2C[C@@H](C)CC[C@@H]2C(C)C)cc1.Cc1ccc([C@@](C)(O)N=Cc2cccs2)cc1. The largest absolute Gasteiger partial charge is 0.366 e. The number of aliphatic hydroxyl groups is 1. The zero-order chi connectivity index (χ0) is 27.9. The summed E-state index contributed by atoms with van der Waals surface area (Å²) in [6, 6.07) is 19.8. The summed E-state index contributed by atoms with van der Waals surface area (Å²) in [5.41, 5.74) is 2.01. The molecule has 4 rings (SSSR count). The van der Waals surface area contributed by atoms with Gasteiger partial charge in [-0.15, -0.1) is 11.3 Å². The second-order valence-electron chi connectivity index (χ2n) is 11.2. The lowest BCUT2D eigenvalue weighted by molar-refractivity contribution is 0.0505. The Morgan fingerprint density at radius 1 is 1.03 bits per heavy atom. The molecule has 1 aliphatic carbocycles. The van der Waals surface area contributed by atoms with Crippen LogP contribution in [-0.4, -0.2) is 28.2 Å². The van der Waals surface area contributed by atoms with Crippen LogP contribution in [0, 0.1) is 31.6 Å². The average Bonchev–Trinajstić information content (AvgIpc) is 3.37. The Bertz CT molecular complexity index is 1140. The minimum Gasteiger partial charge on any atom is -0.366 e. The fraction of sp³-hybridized carbons (Fsp3) is 0.469. The third kappa shape index (κ3) is 8.78. The zero-order valence-electron chi connectivity index (χ0n) is 23.9. The number of nitrogens with zero attached hydrogens (tertiary/aromatic N) is 1. The molecule has 6 heteroatoms. The number of aliphatic imine (C=N–C) groups is 1. The van der Waals surface area contributed by atoms with Crippen molar-refractivity contribution in [1.29, 1.82) is 0 Å². The van der Waals surface area contributed by atoms with E-state index >= 15 is 0 Å². The van der Waals surface area contributed by atoms with Crippen LogP contribution in [-0.2, 0) is 9.91 Å². The fourth-order valence-corrected chi connectivity index (χ4v) is 6.85. The van der Waals surface area contributed by atoms with E-state index in [1.807, 2.05) is 79.2 Å². The highest BCUT2D eigenvalue weighted by atomic mass is 32.3. The Hall–Kier alpha value is -1.96. The molecule has 0 radical (unpaired) electrons. The van der Waals surface area contributed by atoms with Crippen molar-refractivity contribution < 1.29 is 13.8 Å². The predicted molar refractivity (Wildman–Crippen MR) is 164 cm³/mol. The Kier molecular flexibility index (Phi) is 10.8. The standard InChI is InChI=1S/C18H30O2S.C14H15NOS/c1-13(2)17-11-8-15(4)12-18(17)20-21(5,19)16-9-6-14(3)7-10-16;1-11-5-7-12(8-6-11)14(2,16)15-10-13-4-3-9-17-13/h6-7,9-10,13,15,17-19H,8,11-12H2,1-5H3;3-10,16H,1-2H3/t15-,17+,18-;14-/m01/s1. The van der Waals surface area contributed by atoms with E-state index in [0.717, 1.165) is 21.8 Å². The van der Waals surface area contributed by atoms with Gasteiger partial charge in [-0.3, -0.25) is 13.7 Å². The van der Waals surface area contributed by atoms with Gasteiger partial charge in [0.25, 0.3) is 0 Å². The minimum absolute atomic E-state index is 0.181. The third-order valence-corrected chi connectivity index (χ3v) is 9.89. The van der Waals surface area contributed by atoms with Crippen molar-refractivity contribution in [3.8, 4) is 0 Å². The fourth-order valence-electron chi connectivity index (χ4n) is 4.81. The second kappa shape index (κ2) is 13.4. The third-order valence-electron chi connectivity index (χ3n) is 7.32. The van der Waals surface area contributed by atoms with Crippen molar-refractivity contribution in [3.63, 3.8) is 0 Å². The van der Waals surface area contributed by atoms with Crippen LogP contribution in [0.1, 0.15) is 68.5 Å². The Balaban J connectivity index is 0.000000215. The van der Waals surface area contributed by atoms with Gasteiger partial charge in [0.05, 0.1) is 11.0 Å². The zero-order valence-corrected chi connectivity index (χ0v) is 25.6. The smallest absolute Gasteiger partial charge is 0.179 e. The highest BCUT2D eigenvalue weighted by Gasteiger charge is 2.34. The van der Waals surface area contributed by atoms with E-state index in [1.54, 1.807) is 24.5 Å². The molecule has 1 aromatic heterocycles. The molecule has 38 heavy (non-hydrogen) atoms. The highest BCUT2D eigenvalue weighted by molar-refractivity contribution is 8.24. The van der Waals surface area contributed by atoms with Crippen molar-refractivity contribution in [3.05, 3.63) is 87.6 Å². The summed E-state index contributed by atoms with van der Waals surface area (Å²) in [6.07, 6.45) is 7.31. The summed E-state index contributed by atoms with van der Waals surface area (Å²) in [6.45, 7) is 12.6. The van der Waals surface area contributed by atoms with E-state index in [2.05, 4.69) is 32.7 Å². The van der Waals surface area contributed by atoms with Crippen LogP contribution in [0.15, 0.2) is 75.9 Å². The molecule has 0 aliphatic heterocycles. The van der Waals surface area contributed by atoms with E-state index in [0.29, 0.717) is 17.8 Å². The molecule has 1 aliphatic rings. The number of hydrogen-bond acceptors (Lipinski definition) is 5. The molecule has 4 nitrogen and oxygen atoms in total. The molecule has 0 saturated heterocycles. The van der Waals surface area contributed by atoms with Crippen LogP contribution >= 0.6 is 21.9 Å². The van der Waals surface area contributed by atoms with Crippen LogP contribution in [0.25, 0.3) is 0 Å². The van der Waals surface area contributed by atoms with Gasteiger partial charge in [-0.1, -0.05) is 80.8 Å². The lowest BCUT2D eigenvalue weighted by Gasteiger charge is -2.44. The van der Waals surface area contributed by atoms with E-state index in [4.69, 9.17) is 4.18 Å². The maximum Gasteiger partial charge on any atom is 0.179 e. The molecular weight excluding hydrogens is 510 g/mol. The van der Waals surface area contributed by atoms with Crippen molar-refractivity contribution >= 4 is 28.1 Å². The topological polar surface area (TPSA) is 62.0 Å². The van der Waals surface area contributed by atoms with Crippen molar-refractivity contribution in [2.45, 2.75) is 77.5 Å². The first-order valence-electron chi connectivity index (χ1n) is 13.5. The number of hydrogen-bond donors (Lipinski definition) is 2. The summed E-state index contributed by atoms with van der Waals surface area (Å²) in [5.74, 6) is 1.86. The molecular formula is C32H45NO3S2. The lowest BCUT2D eigenvalue weighted by Crippen LogP contribution is -2.34. The van der Waals surface area contributed by atoms with Crippen molar-refractivity contribution in [2.24, 2.45) is 22.7 Å². The molecule has 0 amide bonds. The first kappa shape index (κ1) is 30.6. The van der Waals surface area contributed by atoms with Gasteiger partial charge < -0.3 is 5.11 Å². The molecule has 3 aromatic rings. The molecule has 1 heterocycles. The Morgan fingerprint density at radius 3 is 2.18 bits per heavy atom. The molecule has 0 bridgehead atoms. The van der Waals surface area contributed by atoms with Crippen molar-refractivity contribution in [1.82, 2.24) is 0 Å². The van der Waals surface area contributed by atoms with Gasteiger partial charge in [-0.25, -0.2) is 0 Å². The van der Waals surface area contributed by atoms with Crippen LogP contribution in [0.2, 0.25) is 0 Å². The van der Waals surface area contributed by atoms with E-state index in [1.165, 1.54) is 24.0 Å². The number of thiophene rings is 1. The summed E-state index contributed by atoms with van der Waals surface area (Å²) >= 11 is 1.60. The lowest BCUT2D eigenvalue weighted by atomic mass is 9.75.